The molecule has 10 nitrogen and oxygen atoms in total. The highest BCUT2D eigenvalue weighted by atomic mass is 32.1. The summed E-state index contributed by atoms with van der Waals surface area (Å²) in [5.74, 6) is 6.93. The lowest BCUT2D eigenvalue weighted by atomic mass is 10.1. The third-order valence-electron chi connectivity index (χ3n) is 6.90. The second-order valence-corrected chi connectivity index (χ2v) is 10.7. The van der Waals surface area contributed by atoms with E-state index in [1.165, 1.54) is 6.92 Å². The first-order valence-corrected chi connectivity index (χ1v) is 13.6. The number of benzene rings is 1. The van der Waals surface area contributed by atoms with Crippen LogP contribution in [0.1, 0.15) is 18.1 Å². The van der Waals surface area contributed by atoms with Gasteiger partial charge in [-0.05, 0) is 48.7 Å². The summed E-state index contributed by atoms with van der Waals surface area (Å²) in [6, 6.07) is 12.0. The molecule has 39 heavy (non-hydrogen) atoms. The minimum atomic E-state index is -1.15. The largest absolute Gasteiger partial charge is 0.384 e. The molecule has 6 rings (SSSR count). The van der Waals surface area contributed by atoms with Gasteiger partial charge in [-0.2, -0.15) is 0 Å². The molecule has 4 aromatic heterocycles. The third-order valence-corrected chi connectivity index (χ3v) is 8.23. The lowest BCUT2D eigenvalue weighted by Crippen LogP contribution is -2.42. The highest BCUT2D eigenvalue weighted by Gasteiger charge is 2.23. The number of hydrogen-bond donors (Lipinski definition) is 3. The van der Waals surface area contributed by atoms with Crippen LogP contribution in [0.15, 0.2) is 48.8 Å². The van der Waals surface area contributed by atoms with Crippen LogP contribution in [0.4, 0.5) is 5.82 Å². The summed E-state index contributed by atoms with van der Waals surface area (Å²) in [5.41, 5.74) is 5.53. The maximum absolute atomic E-state index is 12.1. The summed E-state index contributed by atoms with van der Waals surface area (Å²) < 4.78 is 6.64. The zero-order chi connectivity index (χ0) is 27.1. The number of anilines is 1. The fourth-order valence-electron chi connectivity index (χ4n) is 4.85. The molecule has 1 aliphatic rings. The number of pyridine rings is 1. The molecule has 5 aromatic rings. The molecule has 0 unspecified atom stereocenters. The number of aliphatic hydroxyl groups excluding tert-OH is 1. The monoisotopic (exact) mass is 543 g/mol. The minimum Gasteiger partial charge on any atom is -0.384 e. The molecule has 4 N–H and O–H groups in total. The molecule has 0 aliphatic carbocycles. The molecule has 1 saturated heterocycles. The van der Waals surface area contributed by atoms with Crippen LogP contribution in [0.5, 0.6) is 0 Å². The number of aliphatic hydroxyl groups is 1. The third kappa shape index (κ3) is 4.85. The summed E-state index contributed by atoms with van der Waals surface area (Å²) in [4.78, 5) is 33.2. The Hall–Kier alpha value is -3.90. The number of hydrogen-bond acceptors (Lipinski definition) is 9. The van der Waals surface area contributed by atoms with E-state index in [2.05, 4.69) is 27.9 Å². The Kier molecular flexibility index (Phi) is 6.73. The Labute approximate surface area is 229 Å². The number of fused-ring (bicyclic) bond motifs is 2. The minimum absolute atomic E-state index is 0.194. The van der Waals surface area contributed by atoms with Gasteiger partial charge in [-0.15, -0.1) is 11.3 Å². The van der Waals surface area contributed by atoms with E-state index in [0.717, 1.165) is 72.3 Å². The van der Waals surface area contributed by atoms with Crippen molar-refractivity contribution in [3.05, 3.63) is 59.9 Å². The van der Waals surface area contributed by atoms with Crippen LogP contribution >= 0.6 is 11.3 Å². The number of aryl methyl sites for hydroxylation is 1. The van der Waals surface area contributed by atoms with E-state index in [-0.39, 0.29) is 6.54 Å². The van der Waals surface area contributed by atoms with Gasteiger partial charge in [-0.1, -0.05) is 18.2 Å². The van der Waals surface area contributed by atoms with Gasteiger partial charge in [0.2, 0.25) is 0 Å². The number of rotatable bonds is 6. The van der Waals surface area contributed by atoms with Gasteiger partial charge in [0.25, 0.3) is 5.91 Å². The highest BCUT2D eigenvalue weighted by Crippen LogP contribution is 2.42. The summed E-state index contributed by atoms with van der Waals surface area (Å²) in [6.45, 7) is 6.50. The fourth-order valence-corrected chi connectivity index (χ4v) is 6.11. The average molecular weight is 544 g/mol. The van der Waals surface area contributed by atoms with E-state index in [9.17, 15) is 9.90 Å². The molecule has 0 spiro atoms. The molecule has 5 heterocycles. The summed E-state index contributed by atoms with van der Waals surface area (Å²) in [6.07, 6.45) is 2.53. The SMILES string of the molecule is Cc1c(-c2cccc(CN(N)C(=O)[C@H](C)O)c2)sc2c(N3CCOCC3)nc(-c3cnc4[nH]ccc4c3)nc12. The van der Waals surface area contributed by atoms with Crippen molar-refractivity contribution in [1.82, 2.24) is 24.9 Å². The molecule has 0 saturated carbocycles. The molecule has 200 valence electrons. The van der Waals surface area contributed by atoms with Crippen molar-refractivity contribution in [2.24, 2.45) is 5.84 Å². The van der Waals surface area contributed by atoms with E-state index in [1.807, 2.05) is 42.7 Å². The number of hydrazine groups is 1. The van der Waals surface area contributed by atoms with Gasteiger partial charge in [-0.3, -0.25) is 9.80 Å². The molecule has 11 heteroatoms. The molecule has 1 atom stereocenters. The number of amides is 1. The van der Waals surface area contributed by atoms with E-state index < -0.39 is 12.0 Å². The van der Waals surface area contributed by atoms with Crippen LogP contribution in [0.2, 0.25) is 0 Å². The van der Waals surface area contributed by atoms with E-state index in [0.29, 0.717) is 19.0 Å². The quantitative estimate of drug-likeness (QED) is 0.168. The molecule has 1 aromatic carbocycles. The number of thiophene rings is 1. The average Bonchev–Trinajstić information content (AvgIpc) is 3.56. The van der Waals surface area contributed by atoms with Gasteiger partial charge in [0.15, 0.2) is 11.6 Å². The van der Waals surface area contributed by atoms with Crippen LogP contribution in [0.3, 0.4) is 0 Å². The first-order chi connectivity index (χ1) is 18.9. The molecule has 1 fully saturated rings. The zero-order valence-corrected chi connectivity index (χ0v) is 22.5. The molecular weight excluding hydrogens is 514 g/mol. The predicted octanol–water partition coefficient (Wildman–Crippen LogP) is 3.63. The Morgan fingerprint density at radius 1 is 1.23 bits per heavy atom. The first-order valence-electron chi connectivity index (χ1n) is 12.8. The van der Waals surface area contributed by atoms with Gasteiger partial charge >= 0.3 is 0 Å². The number of nitrogens with zero attached hydrogens (tertiary/aromatic N) is 5. The van der Waals surface area contributed by atoms with Crippen LogP contribution in [-0.2, 0) is 16.1 Å². The van der Waals surface area contributed by atoms with Gasteiger partial charge in [0.05, 0.1) is 30.0 Å². The van der Waals surface area contributed by atoms with Crippen LogP contribution in [0, 0.1) is 6.92 Å². The number of ether oxygens (including phenoxy) is 1. The molecule has 1 aliphatic heterocycles. The Balaban J connectivity index is 1.45. The first kappa shape index (κ1) is 25.4. The Bertz CT molecular complexity index is 1670. The molecule has 0 bridgehead atoms. The lowest BCUT2D eigenvalue weighted by Gasteiger charge is -2.28. The Morgan fingerprint density at radius 2 is 2.05 bits per heavy atom. The summed E-state index contributed by atoms with van der Waals surface area (Å²) >= 11 is 1.66. The van der Waals surface area contributed by atoms with Gasteiger partial charge < -0.3 is 19.7 Å². The van der Waals surface area contributed by atoms with Crippen molar-refractivity contribution >= 4 is 44.3 Å². The van der Waals surface area contributed by atoms with Gasteiger partial charge in [0.1, 0.15) is 11.8 Å². The normalized spacial score (nSPS) is 14.7. The number of H-pyrrole nitrogens is 1. The lowest BCUT2D eigenvalue weighted by molar-refractivity contribution is -0.140. The summed E-state index contributed by atoms with van der Waals surface area (Å²) in [7, 11) is 0. The fraction of sp³-hybridized carbons (Fsp3) is 0.286. The molecule has 0 radical (unpaired) electrons. The Morgan fingerprint density at radius 3 is 2.85 bits per heavy atom. The standard InChI is InChI=1S/C28H29N7O3S/c1-16-22-24(39-23(16)19-5-3-4-18(12-19)15-35(29)28(37)17(2)36)27(34-8-10-38-11-9-34)33-26(32-22)21-13-20-6-7-30-25(20)31-14-21/h3-7,12-14,17,36H,8-11,15,29H2,1-2H3,(H,30,31)/t17-/m0/s1. The van der Waals surface area contributed by atoms with E-state index in [4.69, 9.17) is 20.5 Å². The number of nitrogens with one attached hydrogen (secondary N) is 1. The van der Waals surface area contributed by atoms with Crippen molar-refractivity contribution in [2.75, 3.05) is 31.2 Å². The topological polar surface area (TPSA) is 133 Å². The summed E-state index contributed by atoms with van der Waals surface area (Å²) in [5, 5.41) is 11.7. The number of carbonyl (C=O) groups is 1. The van der Waals surface area contributed by atoms with Crippen molar-refractivity contribution < 1.29 is 14.6 Å². The van der Waals surface area contributed by atoms with Crippen LogP contribution < -0.4 is 10.7 Å². The van der Waals surface area contributed by atoms with Crippen molar-refractivity contribution in [2.45, 2.75) is 26.5 Å². The second-order valence-electron chi connectivity index (χ2n) is 9.69. The molecular formula is C28H29N7O3S. The maximum atomic E-state index is 12.1. The van der Waals surface area contributed by atoms with Gasteiger partial charge in [-0.25, -0.2) is 20.8 Å². The molecule has 1 amide bonds. The van der Waals surface area contributed by atoms with Gasteiger partial charge in [0, 0.05) is 41.3 Å². The predicted molar refractivity (Wildman–Crippen MR) is 152 cm³/mol. The second kappa shape index (κ2) is 10.3. The van der Waals surface area contributed by atoms with Crippen LogP contribution in [0.25, 0.3) is 43.1 Å². The number of aromatic amines is 1. The van der Waals surface area contributed by atoms with E-state index >= 15 is 0 Å². The van der Waals surface area contributed by atoms with Crippen molar-refractivity contribution in [3.63, 3.8) is 0 Å². The van der Waals surface area contributed by atoms with Crippen molar-refractivity contribution in [3.8, 4) is 21.8 Å². The van der Waals surface area contributed by atoms with Crippen LogP contribution in [-0.4, -0.2) is 68.4 Å². The smallest absolute Gasteiger partial charge is 0.265 e. The zero-order valence-electron chi connectivity index (χ0n) is 21.7. The van der Waals surface area contributed by atoms with Crippen molar-refractivity contribution in [1.29, 1.82) is 0 Å². The number of carbonyl (C=O) groups excluding carboxylic acids is 1. The number of aromatic nitrogens is 4. The number of morpholine rings is 1. The van der Waals surface area contributed by atoms with E-state index in [1.54, 1.807) is 11.3 Å². The number of nitrogens with two attached hydrogens (primary N) is 1. The maximum Gasteiger partial charge on any atom is 0.265 e. The highest BCUT2D eigenvalue weighted by molar-refractivity contribution is 7.23.